The molecule has 0 unspecified atom stereocenters. The molecular formula is C15H15N5OS. The lowest BCUT2D eigenvalue weighted by Gasteiger charge is -2.13. The molecule has 7 heteroatoms. The number of fused-ring (bicyclic) bond motifs is 1. The van der Waals surface area contributed by atoms with E-state index in [-0.39, 0.29) is 0 Å². The minimum Gasteiger partial charge on any atom is -0.337 e. The Balaban J connectivity index is 1.56. The maximum atomic E-state index is 5.42. The van der Waals surface area contributed by atoms with Crippen molar-refractivity contribution in [2.45, 2.75) is 18.2 Å². The summed E-state index contributed by atoms with van der Waals surface area (Å²) in [5.41, 5.74) is 2.10. The van der Waals surface area contributed by atoms with Crippen molar-refractivity contribution in [1.29, 1.82) is 0 Å². The molecule has 1 aliphatic rings. The predicted molar refractivity (Wildman–Crippen MR) is 84.8 cm³/mol. The fraction of sp³-hybridized carbons (Fsp3) is 0.267. The topological polar surface area (TPSA) is 60.0 Å². The summed E-state index contributed by atoms with van der Waals surface area (Å²) >= 11 is 1.75. The van der Waals surface area contributed by atoms with Gasteiger partial charge in [-0.1, -0.05) is 42.1 Å². The molecule has 0 spiro atoms. The van der Waals surface area contributed by atoms with Gasteiger partial charge in [-0.05, 0) is 10.7 Å². The van der Waals surface area contributed by atoms with E-state index in [2.05, 4.69) is 31.8 Å². The summed E-state index contributed by atoms with van der Waals surface area (Å²) in [5, 5.41) is 5.11. The summed E-state index contributed by atoms with van der Waals surface area (Å²) < 4.78 is 7.54. The summed E-state index contributed by atoms with van der Waals surface area (Å²) in [4.78, 5) is 10.9. The molecule has 0 bridgehead atoms. The molecule has 0 N–H and O–H groups in total. The van der Waals surface area contributed by atoms with Crippen LogP contribution in [0.15, 0.2) is 46.2 Å². The minimum atomic E-state index is 0.524. The third-order valence-electron chi connectivity index (χ3n) is 3.60. The zero-order valence-corrected chi connectivity index (χ0v) is 13.0. The van der Waals surface area contributed by atoms with E-state index in [0.29, 0.717) is 11.8 Å². The molecule has 2 aromatic heterocycles. The van der Waals surface area contributed by atoms with Gasteiger partial charge in [-0.3, -0.25) is 0 Å². The normalized spacial score (nSPS) is 13.3. The van der Waals surface area contributed by atoms with Gasteiger partial charge in [0, 0.05) is 25.9 Å². The molecule has 3 heterocycles. The van der Waals surface area contributed by atoms with Crippen LogP contribution in [0, 0.1) is 0 Å². The highest BCUT2D eigenvalue weighted by molar-refractivity contribution is 7.99. The average molecular weight is 313 g/mol. The lowest BCUT2D eigenvalue weighted by Crippen LogP contribution is -2.17. The first-order valence-electron chi connectivity index (χ1n) is 7.09. The van der Waals surface area contributed by atoms with Crippen molar-refractivity contribution in [3.63, 3.8) is 0 Å². The number of anilines is 1. The smallest absolute Gasteiger partial charge is 0.277 e. The van der Waals surface area contributed by atoms with E-state index in [4.69, 9.17) is 4.52 Å². The number of nitrogens with zero attached hydrogens (tertiary/aromatic N) is 5. The average Bonchev–Trinajstić information content (AvgIpc) is 3.24. The van der Waals surface area contributed by atoms with Gasteiger partial charge in [0.15, 0.2) is 5.16 Å². The Morgan fingerprint density at radius 2 is 2.18 bits per heavy atom. The maximum absolute atomic E-state index is 5.42. The largest absolute Gasteiger partial charge is 0.337 e. The third-order valence-corrected chi connectivity index (χ3v) is 4.57. The number of hydrogen-bond donors (Lipinski definition) is 0. The summed E-state index contributed by atoms with van der Waals surface area (Å²) in [7, 11) is 1.96. The molecular weight excluding hydrogens is 298 g/mol. The molecule has 0 aliphatic carbocycles. The Hall–Kier alpha value is -2.28. The molecule has 6 nitrogen and oxygen atoms in total. The van der Waals surface area contributed by atoms with Gasteiger partial charge in [-0.25, -0.2) is 4.98 Å². The van der Waals surface area contributed by atoms with E-state index >= 15 is 0 Å². The summed E-state index contributed by atoms with van der Waals surface area (Å²) in [6.07, 6.45) is 1.80. The number of benzene rings is 1. The zero-order valence-electron chi connectivity index (χ0n) is 12.1. The van der Waals surface area contributed by atoms with Gasteiger partial charge < -0.3 is 14.0 Å². The van der Waals surface area contributed by atoms with Crippen LogP contribution in [-0.4, -0.2) is 32.5 Å². The van der Waals surface area contributed by atoms with Crippen LogP contribution in [-0.2, 0) is 13.1 Å². The Kier molecular flexibility index (Phi) is 3.34. The third kappa shape index (κ3) is 2.37. The molecule has 0 radical (unpaired) electrons. The second kappa shape index (κ2) is 5.49. The van der Waals surface area contributed by atoms with Crippen LogP contribution >= 0.6 is 11.8 Å². The summed E-state index contributed by atoms with van der Waals surface area (Å²) in [5.74, 6) is 2.15. The first-order chi connectivity index (χ1) is 10.8. The van der Waals surface area contributed by atoms with Gasteiger partial charge in [0.2, 0.25) is 0 Å². The van der Waals surface area contributed by atoms with Crippen molar-refractivity contribution in [2.24, 2.45) is 0 Å². The summed E-state index contributed by atoms with van der Waals surface area (Å²) in [6.45, 7) is 1.67. The van der Waals surface area contributed by atoms with Crippen molar-refractivity contribution in [3.05, 3.63) is 42.1 Å². The molecule has 0 saturated heterocycles. The number of rotatable bonds is 4. The Bertz CT molecular complexity index is 782. The van der Waals surface area contributed by atoms with Gasteiger partial charge in [-0.2, -0.15) is 4.98 Å². The molecule has 1 aliphatic heterocycles. The Morgan fingerprint density at radius 1 is 1.32 bits per heavy atom. The standard InChI is InChI=1S/C15H15N5OS/c1-19(10-11-5-3-2-4-6-11)14-17-13(21-18-14)12-9-16-15-20(12)7-8-22-15/h2-6,9H,7-8,10H2,1H3. The maximum Gasteiger partial charge on any atom is 0.277 e. The molecule has 0 atom stereocenters. The predicted octanol–water partition coefficient (Wildman–Crippen LogP) is 2.68. The highest BCUT2D eigenvalue weighted by Gasteiger charge is 2.22. The molecule has 22 heavy (non-hydrogen) atoms. The number of imidazole rings is 1. The van der Waals surface area contributed by atoms with E-state index < -0.39 is 0 Å². The number of aromatic nitrogens is 4. The van der Waals surface area contributed by atoms with Crippen LogP contribution in [0.1, 0.15) is 5.56 Å². The van der Waals surface area contributed by atoms with Crippen LogP contribution in [0.25, 0.3) is 11.6 Å². The SMILES string of the molecule is CN(Cc1ccccc1)c1noc(-c2cnc3n2CCS3)n1. The molecule has 0 saturated carbocycles. The zero-order chi connectivity index (χ0) is 14.9. The van der Waals surface area contributed by atoms with Crippen LogP contribution < -0.4 is 4.90 Å². The highest BCUT2D eigenvalue weighted by atomic mass is 32.2. The van der Waals surface area contributed by atoms with Crippen LogP contribution in [0.4, 0.5) is 5.95 Å². The monoisotopic (exact) mass is 313 g/mol. The minimum absolute atomic E-state index is 0.524. The number of hydrogen-bond acceptors (Lipinski definition) is 6. The first-order valence-corrected chi connectivity index (χ1v) is 8.07. The highest BCUT2D eigenvalue weighted by Crippen LogP contribution is 2.30. The first kappa shape index (κ1) is 13.4. The molecule has 3 aromatic rings. The van der Waals surface area contributed by atoms with Crippen molar-refractivity contribution in [2.75, 3.05) is 17.7 Å². The molecule has 0 fully saturated rings. The van der Waals surface area contributed by atoms with E-state index in [0.717, 1.165) is 29.7 Å². The van der Waals surface area contributed by atoms with Crippen LogP contribution in [0.2, 0.25) is 0 Å². The molecule has 112 valence electrons. The van der Waals surface area contributed by atoms with E-state index in [9.17, 15) is 0 Å². The van der Waals surface area contributed by atoms with E-state index in [1.54, 1.807) is 18.0 Å². The van der Waals surface area contributed by atoms with Crippen molar-refractivity contribution in [1.82, 2.24) is 19.7 Å². The van der Waals surface area contributed by atoms with Crippen molar-refractivity contribution in [3.8, 4) is 11.6 Å². The molecule has 1 aromatic carbocycles. The van der Waals surface area contributed by atoms with Crippen molar-refractivity contribution >= 4 is 17.7 Å². The van der Waals surface area contributed by atoms with Crippen molar-refractivity contribution < 1.29 is 4.52 Å². The lowest BCUT2D eigenvalue weighted by atomic mass is 10.2. The fourth-order valence-corrected chi connectivity index (χ4v) is 3.42. The van der Waals surface area contributed by atoms with Gasteiger partial charge in [0.1, 0.15) is 5.69 Å². The van der Waals surface area contributed by atoms with Gasteiger partial charge >= 0.3 is 0 Å². The lowest BCUT2D eigenvalue weighted by molar-refractivity contribution is 0.426. The summed E-state index contributed by atoms with van der Waals surface area (Å²) in [6, 6.07) is 10.2. The molecule has 4 rings (SSSR count). The quantitative estimate of drug-likeness (QED) is 0.738. The van der Waals surface area contributed by atoms with E-state index in [1.165, 1.54) is 5.56 Å². The number of thioether (sulfide) groups is 1. The van der Waals surface area contributed by atoms with Gasteiger partial charge in [-0.15, -0.1) is 0 Å². The van der Waals surface area contributed by atoms with Gasteiger partial charge in [0.05, 0.1) is 6.20 Å². The Labute approximate surface area is 132 Å². The Morgan fingerprint density at radius 3 is 3.05 bits per heavy atom. The van der Waals surface area contributed by atoms with E-state index in [1.807, 2.05) is 30.1 Å². The fourth-order valence-electron chi connectivity index (χ4n) is 2.49. The van der Waals surface area contributed by atoms with Crippen LogP contribution in [0.3, 0.4) is 0 Å². The second-order valence-corrected chi connectivity index (χ2v) is 6.23. The van der Waals surface area contributed by atoms with Gasteiger partial charge in [0.25, 0.3) is 11.8 Å². The van der Waals surface area contributed by atoms with Crippen LogP contribution in [0.5, 0.6) is 0 Å². The molecule has 0 amide bonds. The second-order valence-electron chi connectivity index (χ2n) is 5.17.